The summed E-state index contributed by atoms with van der Waals surface area (Å²) in [4.78, 5) is 82.1. The Morgan fingerprint density at radius 1 is 0.373 bits per heavy atom. The van der Waals surface area contributed by atoms with Gasteiger partial charge in [-0.3, -0.25) is 14.8 Å². The number of pyridine rings is 7. The molecule has 150 heavy (non-hydrogen) atoms. The molecule has 19 heterocycles. The van der Waals surface area contributed by atoms with Crippen LogP contribution in [0.1, 0.15) is 255 Å². The molecule has 9 aromatic heterocycles. The van der Waals surface area contributed by atoms with E-state index in [-0.39, 0.29) is 5.41 Å². The smallest absolute Gasteiger partial charge is 0.220 e. The number of Topliss-reactive ketones (excluding diaryl/α,β-unsaturated/α-hetero) is 1. The minimum absolute atomic E-state index is 0.335. The van der Waals surface area contributed by atoms with Gasteiger partial charge in [-0.05, 0) is 487 Å². The molecule has 5 N–H and O–H groups in total. The summed E-state index contributed by atoms with van der Waals surface area (Å²) >= 11 is 0. The van der Waals surface area contributed by atoms with Crippen LogP contribution in [-0.4, -0.2) is 352 Å². The number of hydrogen-bond donors (Lipinski definition) is 3. The number of anilines is 2. The first-order valence-corrected chi connectivity index (χ1v) is 54.9. The van der Waals surface area contributed by atoms with Crippen LogP contribution >= 0.6 is 0 Å². The van der Waals surface area contributed by atoms with Crippen LogP contribution in [0.5, 0.6) is 35.1 Å². The lowest BCUT2D eigenvalue weighted by Gasteiger charge is -2.34. The van der Waals surface area contributed by atoms with Crippen LogP contribution in [0.15, 0.2) is 158 Å². The quantitative estimate of drug-likeness (QED) is 0.0858. The van der Waals surface area contributed by atoms with Crippen LogP contribution in [0, 0.1) is 44.9 Å². The largest absolute Gasteiger partial charge is 0.506 e. The van der Waals surface area contributed by atoms with Crippen molar-refractivity contribution in [1.29, 1.82) is 5.26 Å². The fraction of sp³-hybridized carbons (Fsp3) is 0.588. The fourth-order valence-corrected chi connectivity index (χ4v) is 21.9. The normalized spacial score (nSPS) is 19.9. The second-order valence-electron chi connectivity index (χ2n) is 43.1. The van der Waals surface area contributed by atoms with Gasteiger partial charge in [0.15, 0.2) is 5.78 Å². The van der Waals surface area contributed by atoms with E-state index in [4.69, 9.17) is 35.2 Å². The Balaban J connectivity index is 0.000000158. The molecule has 11 aliphatic rings. The zero-order valence-corrected chi connectivity index (χ0v) is 94.0. The van der Waals surface area contributed by atoms with Gasteiger partial charge in [0.25, 0.3) is 0 Å². The first kappa shape index (κ1) is 119. The first-order chi connectivity index (χ1) is 72.5. The number of piperidine rings is 10. The topological polar surface area (TPSA) is 333 Å². The van der Waals surface area contributed by atoms with Crippen LogP contribution in [0.4, 0.5) is 11.8 Å². The number of aromatic hydroxyl groups is 1. The highest BCUT2D eigenvalue weighted by Crippen LogP contribution is 2.41. The van der Waals surface area contributed by atoms with Crippen molar-refractivity contribution in [2.45, 2.75) is 215 Å². The summed E-state index contributed by atoms with van der Waals surface area (Å²) in [6.45, 7) is 31.2. The standard InChI is InChI=1S/4C13H20N2O.C12H15N3.C12H18N2O.C12H17NO.C11H16N2O.2C10H16N4/c1-10-4-7-14-13(16-3)12(10)11-5-8-15(2)9-6-11;1-10-8-13(16-3)14-9-12(10)11-4-6-15(2)7-5-11;1-10-8-12(9-14-13(10)16-3)11-4-6-15(2)7-5-11;1-10-8-12(13(16-3)14-9-10)11-4-6-15(2)7-5-11;1-15-8-5-12(10-13,6-9-15)11-4-2-3-7-14-11;1-14-8-5-10(6-9-14)11-4-3-7-13-12(11)15-2;1-13-8-6-10(7-9-13)11-4-2-3-5-12(11)14;1-13-7-4-9(5-8-13)11-10(14)3-2-6-12-11;1-14-6-3-8(4-7-14)10-12-5-2-9(11)13-10;1-14-6-3-8(4-7-14)9-2-5-12-10(11)13-9/h4,7,11H,5-6,8-9H2,1-3H3;3*8-9,11H,4-7H2,1-3H3;2-4,7H,5-6,8-9H2,1H3;3-4,7,10H,5-6,8-9H2,1-2H3;2-4,10H,5-9H2,1H3;2-3,6,9,14H,4-5,7-8H2,1H3;2*2,5,8H,3-4,6-7H2,1H3,(H2,11,12,13). The van der Waals surface area contributed by atoms with Gasteiger partial charge in [0.05, 0.1) is 53.0 Å². The summed E-state index contributed by atoms with van der Waals surface area (Å²) in [6.07, 6.45) is 46.1. The number of aromatic nitrogens is 11. The molecule has 0 aromatic carbocycles. The number of nitrogens with zero attached hydrogens (tertiary/aromatic N) is 22. The number of allylic oxidation sites excluding steroid dienone is 4. The minimum Gasteiger partial charge on any atom is -0.506 e. The number of likely N-dealkylation sites (tertiary alicyclic amines) is 10. The molecular weight excluding hydrogens is 1880 g/mol. The summed E-state index contributed by atoms with van der Waals surface area (Å²) in [6, 6.07) is 28.2. The molecule has 10 aliphatic heterocycles. The Hall–Kier alpha value is -11.2. The van der Waals surface area contributed by atoms with E-state index in [0.717, 1.165) is 174 Å². The Morgan fingerprint density at radius 3 is 1.32 bits per heavy atom. The van der Waals surface area contributed by atoms with Crippen LogP contribution in [0.25, 0.3) is 0 Å². The molecule has 0 unspecified atom stereocenters. The second-order valence-corrected chi connectivity index (χ2v) is 43.1. The van der Waals surface area contributed by atoms with Crippen LogP contribution in [-0.2, 0) is 10.2 Å². The number of methoxy groups -OCH3 is 5. The van der Waals surface area contributed by atoms with Crippen molar-refractivity contribution in [3.05, 3.63) is 231 Å². The number of ketones is 1. The average Bonchev–Trinajstić information content (AvgIpc) is 0.817. The zero-order chi connectivity index (χ0) is 107. The third kappa shape index (κ3) is 37.4. The number of carbonyl (C=O) groups excluding carboxylic acids is 1. The van der Waals surface area contributed by atoms with Crippen LogP contribution in [0.2, 0.25) is 0 Å². The van der Waals surface area contributed by atoms with Crippen molar-refractivity contribution in [1.82, 2.24) is 104 Å². The molecule has 0 spiro atoms. The zero-order valence-electron chi connectivity index (χ0n) is 94.0. The van der Waals surface area contributed by atoms with Crippen molar-refractivity contribution in [3.63, 3.8) is 0 Å². The molecular formula is C119H178N24O7. The molecule has 0 amide bonds. The van der Waals surface area contributed by atoms with E-state index in [1.807, 2.05) is 79.4 Å². The number of nitrogen functional groups attached to an aromatic ring is 2. The van der Waals surface area contributed by atoms with Gasteiger partial charge in [0.1, 0.15) is 22.8 Å². The molecule has 0 radical (unpaired) electrons. The third-order valence-electron chi connectivity index (χ3n) is 31.9. The molecule has 1 aliphatic carbocycles. The van der Waals surface area contributed by atoms with E-state index >= 15 is 0 Å². The van der Waals surface area contributed by atoms with Crippen molar-refractivity contribution in [2.75, 3.05) is 248 Å². The van der Waals surface area contributed by atoms with Crippen molar-refractivity contribution in [2.24, 2.45) is 5.92 Å². The van der Waals surface area contributed by atoms with Crippen molar-refractivity contribution < 1.29 is 33.6 Å². The number of ether oxygens (including phenoxy) is 5. The van der Waals surface area contributed by atoms with Gasteiger partial charge >= 0.3 is 0 Å². The van der Waals surface area contributed by atoms with Crippen molar-refractivity contribution in [3.8, 4) is 41.2 Å². The molecule has 10 saturated heterocycles. The van der Waals surface area contributed by atoms with Crippen LogP contribution < -0.4 is 35.2 Å². The van der Waals surface area contributed by atoms with E-state index in [1.165, 1.54) is 187 Å². The maximum absolute atomic E-state index is 11.6. The third-order valence-corrected chi connectivity index (χ3v) is 31.9. The summed E-state index contributed by atoms with van der Waals surface area (Å²) in [7, 11) is 30.0. The summed E-state index contributed by atoms with van der Waals surface area (Å²) < 4.78 is 26.4. The van der Waals surface area contributed by atoms with Gasteiger partial charge in [-0.15, -0.1) is 0 Å². The van der Waals surface area contributed by atoms with E-state index in [2.05, 4.69) is 232 Å². The number of nitrogens with two attached hydrogens (primary N) is 2. The maximum atomic E-state index is 11.6. The lowest BCUT2D eigenvalue weighted by Crippen LogP contribution is -2.40. The monoisotopic (exact) mass is 2060 g/mol. The van der Waals surface area contributed by atoms with Crippen molar-refractivity contribution >= 4 is 17.5 Å². The predicted molar refractivity (Wildman–Crippen MR) is 603 cm³/mol. The molecule has 20 rings (SSSR count). The molecule has 0 bridgehead atoms. The minimum atomic E-state index is -0.353. The number of nitriles is 1. The Labute approximate surface area is 897 Å². The Morgan fingerprint density at radius 2 is 0.827 bits per heavy atom. The molecule has 10 fully saturated rings. The van der Waals surface area contributed by atoms with E-state index in [1.54, 1.807) is 84.7 Å². The van der Waals surface area contributed by atoms with Gasteiger partial charge in [0.2, 0.25) is 35.3 Å². The lowest BCUT2D eigenvalue weighted by atomic mass is 9.77. The van der Waals surface area contributed by atoms with Gasteiger partial charge < -0.3 is 89.3 Å². The SMILES string of the molecule is CN1CCC(C#N)(c2ccccn2)CC1.CN1CCC(C2=CC=CCC2=O)CC1.CN1CCC(c2ccnc(N)n2)CC1.CN1CCC(c2nccc(N)n2)CC1.CN1CCC(c2ncccc2O)CC1.COc1cc(C)c(C2CCN(C)CC2)cn1.COc1ncc(C)cc1C1CCN(C)CC1.COc1ncc(C2CCN(C)CC2)cc1C.COc1nccc(C)c1C1CCN(C)CC1.COc1ncccc1C1CCN(C)CC1. The summed E-state index contributed by atoms with van der Waals surface area (Å²) in [5.41, 5.74) is 26.4. The number of carbonyl (C=O) groups is 1. The molecule has 816 valence electrons. The lowest BCUT2D eigenvalue weighted by molar-refractivity contribution is -0.115. The number of rotatable bonds is 15. The van der Waals surface area contributed by atoms with Gasteiger partial charge in [0, 0.05) is 114 Å². The van der Waals surface area contributed by atoms with Gasteiger partial charge in [-0.1, -0.05) is 30.4 Å². The maximum Gasteiger partial charge on any atom is 0.220 e. The molecule has 31 heteroatoms. The fourth-order valence-electron chi connectivity index (χ4n) is 21.9. The summed E-state index contributed by atoms with van der Waals surface area (Å²) in [5.74, 6) is 11.7. The summed E-state index contributed by atoms with van der Waals surface area (Å²) in [5, 5.41) is 19.0. The number of hydrogen-bond acceptors (Lipinski definition) is 31. The molecule has 0 atom stereocenters. The van der Waals surface area contributed by atoms with E-state index in [9.17, 15) is 15.2 Å². The molecule has 9 aromatic rings. The van der Waals surface area contributed by atoms with Gasteiger partial charge in [-0.25, -0.2) is 44.9 Å². The first-order valence-electron chi connectivity index (χ1n) is 54.9. The average molecular weight is 2060 g/mol. The molecule has 0 saturated carbocycles. The second kappa shape index (κ2) is 62.1. The van der Waals surface area contributed by atoms with Gasteiger partial charge in [-0.2, -0.15) is 5.26 Å². The highest BCUT2D eigenvalue weighted by Gasteiger charge is 2.38. The molecule has 31 nitrogen and oxygen atoms in total. The highest BCUT2D eigenvalue weighted by molar-refractivity contribution is 5.98. The van der Waals surface area contributed by atoms with E-state index in [0.29, 0.717) is 88.9 Å². The number of aryl methyl sites for hydroxylation is 4. The van der Waals surface area contributed by atoms with E-state index < -0.39 is 0 Å². The Kier molecular flexibility index (Phi) is 49.3. The van der Waals surface area contributed by atoms with Crippen LogP contribution in [0.3, 0.4) is 0 Å². The highest BCUT2D eigenvalue weighted by atomic mass is 16.5. The Bertz CT molecular complexity index is 5490. The predicted octanol–water partition coefficient (Wildman–Crippen LogP) is 17.4.